The summed E-state index contributed by atoms with van der Waals surface area (Å²) in [6, 6.07) is 17.2. The first-order valence-corrected chi connectivity index (χ1v) is 9.41. The zero-order chi connectivity index (χ0) is 17.9. The summed E-state index contributed by atoms with van der Waals surface area (Å²) in [5.74, 6) is 0.361. The maximum atomic E-state index is 13.9. The Bertz CT molecular complexity index is 1060. The molecule has 0 aliphatic rings. The van der Waals surface area contributed by atoms with E-state index in [1.807, 2.05) is 24.4 Å². The highest BCUT2D eigenvalue weighted by Crippen LogP contribution is 2.28. The van der Waals surface area contributed by atoms with Crippen LogP contribution in [0.5, 0.6) is 0 Å². The standard InChI is InChI=1S/C21H18FN3S/c1-15-5-4-6-16(11-15)13-25-20-12-23-10-9-19(20)24-21(25)26-14-17-7-2-3-8-18(17)22/h2-12H,13-14H2,1H3. The van der Waals surface area contributed by atoms with Crippen molar-refractivity contribution in [3.05, 3.63) is 89.5 Å². The molecule has 5 heteroatoms. The van der Waals surface area contributed by atoms with Gasteiger partial charge in [0.25, 0.3) is 0 Å². The van der Waals surface area contributed by atoms with E-state index in [9.17, 15) is 4.39 Å². The van der Waals surface area contributed by atoms with Crippen LogP contribution < -0.4 is 0 Å². The van der Waals surface area contributed by atoms with Gasteiger partial charge in [0, 0.05) is 11.9 Å². The number of hydrogen-bond acceptors (Lipinski definition) is 3. The fourth-order valence-electron chi connectivity index (χ4n) is 2.96. The quantitative estimate of drug-likeness (QED) is 0.456. The minimum Gasteiger partial charge on any atom is -0.313 e. The van der Waals surface area contributed by atoms with Crippen LogP contribution in [0.2, 0.25) is 0 Å². The van der Waals surface area contributed by atoms with Crippen molar-refractivity contribution < 1.29 is 4.39 Å². The lowest BCUT2D eigenvalue weighted by atomic mass is 10.1. The van der Waals surface area contributed by atoms with Crippen LogP contribution in [0.15, 0.2) is 72.1 Å². The summed E-state index contributed by atoms with van der Waals surface area (Å²) >= 11 is 1.55. The minimum atomic E-state index is -0.178. The molecule has 0 atom stereocenters. The van der Waals surface area contributed by atoms with Gasteiger partial charge in [-0.1, -0.05) is 59.8 Å². The van der Waals surface area contributed by atoms with Crippen LogP contribution >= 0.6 is 11.8 Å². The highest BCUT2D eigenvalue weighted by atomic mass is 32.2. The molecule has 0 saturated heterocycles. The lowest BCUT2D eigenvalue weighted by Crippen LogP contribution is -2.02. The first-order valence-electron chi connectivity index (χ1n) is 8.43. The smallest absolute Gasteiger partial charge is 0.169 e. The van der Waals surface area contributed by atoms with Crippen LogP contribution in [0.4, 0.5) is 4.39 Å². The second-order valence-electron chi connectivity index (χ2n) is 6.21. The van der Waals surface area contributed by atoms with Gasteiger partial charge >= 0.3 is 0 Å². The minimum absolute atomic E-state index is 0.178. The van der Waals surface area contributed by atoms with Crippen molar-refractivity contribution >= 4 is 22.8 Å². The molecule has 0 bridgehead atoms. The van der Waals surface area contributed by atoms with E-state index in [-0.39, 0.29) is 5.82 Å². The lowest BCUT2D eigenvalue weighted by molar-refractivity contribution is 0.617. The van der Waals surface area contributed by atoms with Crippen LogP contribution in [0, 0.1) is 12.7 Å². The monoisotopic (exact) mass is 363 g/mol. The van der Waals surface area contributed by atoms with E-state index in [0.29, 0.717) is 17.9 Å². The molecule has 0 unspecified atom stereocenters. The molecule has 130 valence electrons. The fraction of sp³-hybridized carbons (Fsp3) is 0.143. The third kappa shape index (κ3) is 3.48. The molecule has 0 radical (unpaired) electrons. The van der Waals surface area contributed by atoms with E-state index in [4.69, 9.17) is 4.98 Å². The zero-order valence-electron chi connectivity index (χ0n) is 14.4. The van der Waals surface area contributed by atoms with E-state index < -0.39 is 0 Å². The van der Waals surface area contributed by atoms with E-state index >= 15 is 0 Å². The number of nitrogens with zero attached hydrogens (tertiary/aromatic N) is 3. The molecule has 0 saturated carbocycles. The Morgan fingerprint density at radius 3 is 2.81 bits per heavy atom. The van der Waals surface area contributed by atoms with Gasteiger partial charge in [0.2, 0.25) is 0 Å². The molecule has 26 heavy (non-hydrogen) atoms. The molecule has 4 rings (SSSR count). The molecule has 0 fully saturated rings. The average molecular weight is 363 g/mol. The molecule has 0 spiro atoms. The summed E-state index contributed by atoms with van der Waals surface area (Å²) in [5.41, 5.74) is 5.02. The van der Waals surface area contributed by atoms with Crippen molar-refractivity contribution in [3.8, 4) is 0 Å². The molecule has 2 heterocycles. The molecule has 2 aromatic heterocycles. The Hall–Kier alpha value is -2.66. The summed E-state index contributed by atoms with van der Waals surface area (Å²) in [6.45, 7) is 2.80. The van der Waals surface area contributed by atoms with Crippen LogP contribution in [-0.2, 0) is 12.3 Å². The summed E-state index contributed by atoms with van der Waals surface area (Å²) < 4.78 is 16.1. The zero-order valence-corrected chi connectivity index (χ0v) is 15.2. The Labute approximate surface area is 155 Å². The normalized spacial score (nSPS) is 11.2. The van der Waals surface area contributed by atoms with Crippen LogP contribution in [-0.4, -0.2) is 14.5 Å². The Kier molecular flexibility index (Phi) is 4.71. The largest absolute Gasteiger partial charge is 0.313 e. The van der Waals surface area contributed by atoms with Gasteiger partial charge in [0.15, 0.2) is 5.16 Å². The van der Waals surface area contributed by atoms with Gasteiger partial charge in [-0.3, -0.25) is 4.98 Å². The number of imidazole rings is 1. The van der Waals surface area contributed by atoms with Gasteiger partial charge < -0.3 is 4.57 Å². The van der Waals surface area contributed by atoms with Gasteiger partial charge in [0.1, 0.15) is 5.82 Å². The average Bonchev–Trinajstić information content (AvgIpc) is 2.99. The molecule has 3 nitrogen and oxygen atoms in total. The summed E-state index contributed by atoms with van der Waals surface area (Å²) in [7, 11) is 0. The fourth-order valence-corrected chi connectivity index (χ4v) is 3.96. The molecule has 0 aliphatic carbocycles. The predicted octanol–water partition coefficient (Wildman–Crippen LogP) is 5.22. The predicted molar refractivity (Wildman–Crippen MR) is 104 cm³/mol. The first kappa shape index (κ1) is 16.8. The maximum absolute atomic E-state index is 13.9. The van der Waals surface area contributed by atoms with Gasteiger partial charge in [-0.05, 0) is 30.2 Å². The van der Waals surface area contributed by atoms with Crippen molar-refractivity contribution in [2.45, 2.75) is 24.4 Å². The lowest BCUT2D eigenvalue weighted by Gasteiger charge is -2.10. The number of aryl methyl sites for hydroxylation is 1. The highest BCUT2D eigenvalue weighted by Gasteiger charge is 2.13. The molecular weight excluding hydrogens is 345 g/mol. The number of fused-ring (bicyclic) bond motifs is 1. The first-order chi connectivity index (χ1) is 12.7. The van der Waals surface area contributed by atoms with Crippen LogP contribution in [0.25, 0.3) is 11.0 Å². The summed E-state index contributed by atoms with van der Waals surface area (Å²) in [6.07, 6.45) is 3.59. The molecular formula is C21H18FN3S. The summed E-state index contributed by atoms with van der Waals surface area (Å²) in [4.78, 5) is 8.99. The second-order valence-corrected chi connectivity index (χ2v) is 7.16. The van der Waals surface area contributed by atoms with E-state index in [0.717, 1.165) is 16.2 Å². The number of aromatic nitrogens is 3. The number of thioether (sulfide) groups is 1. The summed E-state index contributed by atoms with van der Waals surface area (Å²) in [5, 5.41) is 0.873. The van der Waals surface area contributed by atoms with E-state index in [1.165, 1.54) is 17.2 Å². The second kappa shape index (κ2) is 7.30. The third-order valence-corrected chi connectivity index (χ3v) is 5.28. The van der Waals surface area contributed by atoms with Crippen molar-refractivity contribution in [1.29, 1.82) is 0 Å². The van der Waals surface area contributed by atoms with E-state index in [2.05, 4.69) is 40.7 Å². The maximum Gasteiger partial charge on any atom is 0.169 e. The molecule has 0 N–H and O–H groups in total. The number of benzene rings is 2. The van der Waals surface area contributed by atoms with Gasteiger partial charge in [-0.25, -0.2) is 9.37 Å². The van der Waals surface area contributed by atoms with Gasteiger partial charge in [-0.15, -0.1) is 0 Å². The number of pyridine rings is 1. The molecule has 0 amide bonds. The van der Waals surface area contributed by atoms with Crippen molar-refractivity contribution in [2.24, 2.45) is 0 Å². The molecule has 4 aromatic rings. The number of rotatable bonds is 5. The Morgan fingerprint density at radius 2 is 1.96 bits per heavy atom. The highest BCUT2D eigenvalue weighted by molar-refractivity contribution is 7.98. The Balaban J connectivity index is 1.68. The van der Waals surface area contributed by atoms with Crippen molar-refractivity contribution in [3.63, 3.8) is 0 Å². The van der Waals surface area contributed by atoms with Gasteiger partial charge in [-0.2, -0.15) is 0 Å². The number of hydrogen-bond donors (Lipinski definition) is 0. The van der Waals surface area contributed by atoms with Gasteiger partial charge in [0.05, 0.1) is 23.8 Å². The van der Waals surface area contributed by atoms with Crippen molar-refractivity contribution in [1.82, 2.24) is 14.5 Å². The number of halogens is 1. The molecule has 0 aliphatic heterocycles. The molecule has 2 aromatic carbocycles. The topological polar surface area (TPSA) is 30.7 Å². The van der Waals surface area contributed by atoms with E-state index in [1.54, 1.807) is 24.0 Å². The Morgan fingerprint density at radius 1 is 1.08 bits per heavy atom. The van der Waals surface area contributed by atoms with Crippen LogP contribution in [0.3, 0.4) is 0 Å². The third-order valence-electron chi connectivity index (χ3n) is 4.25. The van der Waals surface area contributed by atoms with Crippen molar-refractivity contribution in [2.75, 3.05) is 0 Å². The SMILES string of the molecule is Cc1cccc(Cn2c(SCc3ccccc3F)nc3ccncc32)c1. The van der Waals surface area contributed by atoms with Crippen LogP contribution in [0.1, 0.15) is 16.7 Å².